The molecule has 1 N–H and O–H groups in total. The number of carbonyl (C=O) groups excluding carboxylic acids is 1. The summed E-state index contributed by atoms with van der Waals surface area (Å²) in [6.45, 7) is 9.39. The molecule has 1 saturated heterocycles. The minimum absolute atomic E-state index is 0.0319. The van der Waals surface area contributed by atoms with Crippen molar-refractivity contribution in [1.29, 1.82) is 0 Å². The maximum atomic E-state index is 12.3. The number of nitrogens with one attached hydrogen (secondary N) is 1. The van der Waals surface area contributed by atoms with Crippen LogP contribution in [0.3, 0.4) is 0 Å². The maximum Gasteiger partial charge on any atom is 0.223 e. The van der Waals surface area contributed by atoms with Crippen molar-refractivity contribution >= 4 is 17.5 Å². The fourth-order valence-corrected chi connectivity index (χ4v) is 3.10. The van der Waals surface area contributed by atoms with Crippen molar-refractivity contribution in [3.05, 3.63) is 34.9 Å². The molecule has 1 aromatic rings. The fourth-order valence-electron chi connectivity index (χ4n) is 2.98. The van der Waals surface area contributed by atoms with Crippen LogP contribution in [0.25, 0.3) is 0 Å². The van der Waals surface area contributed by atoms with Crippen LogP contribution in [-0.2, 0) is 11.2 Å². The van der Waals surface area contributed by atoms with E-state index in [9.17, 15) is 4.79 Å². The van der Waals surface area contributed by atoms with Gasteiger partial charge in [-0.25, -0.2) is 0 Å². The number of hydrogen-bond acceptors (Lipinski definition) is 2. The van der Waals surface area contributed by atoms with Crippen LogP contribution in [0.5, 0.6) is 0 Å². The normalized spacial score (nSPS) is 17.5. The largest absolute Gasteiger partial charge is 0.354 e. The second kappa shape index (κ2) is 7.47. The molecule has 122 valence electrons. The third-order valence-electron chi connectivity index (χ3n) is 4.56. The zero-order chi connectivity index (χ0) is 16.2. The van der Waals surface area contributed by atoms with Gasteiger partial charge in [0.05, 0.1) is 0 Å². The first-order chi connectivity index (χ1) is 10.4. The smallest absolute Gasteiger partial charge is 0.223 e. The molecule has 0 bridgehead atoms. The lowest BCUT2D eigenvalue weighted by atomic mass is 9.99. The first-order valence-corrected chi connectivity index (χ1v) is 8.53. The number of carbonyl (C=O) groups is 1. The highest BCUT2D eigenvalue weighted by atomic mass is 35.5. The molecule has 1 heterocycles. The SMILES string of the molecule is CC(Cc1ccc(Cl)cc1)C(=O)NCC(C)(C)N1CCCC1. The number of nitrogens with zero attached hydrogens (tertiary/aromatic N) is 1. The summed E-state index contributed by atoms with van der Waals surface area (Å²) in [7, 11) is 0. The second-order valence-electron chi connectivity index (χ2n) is 6.96. The van der Waals surface area contributed by atoms with Gasteiger partial charge in [-0.2, -0.15) is 0 Å². The zero-order valence-electron chi connectivity index (χ0n) is 13.9. The Morgan fingerprint density at radius 3 is 2.45 bits per heavy atom. The van der Waals surface area contributed by atoms with Crippen LogP contribution in [0.1, 0.15) is 39.2 Å². The Morgan fingerprint density at radius 2 is 1.86 bits per heavy atom. The lowest BCUT2D eigenvalue weighted by Gasteiger charge is -2.35. The van der Waals surface area contributed by atoms with Gasteiger partial charge >= 0.3 is 0 Å². The monoisotopic (exact) mass is 322 g/mol. The summed E-state index contributed by atoms with van der Waals surface area (Å²) < 4.78 is 0. The lowest BCUT2D eigenvalue weighted by molar-refractivity contribution is -0.125. The minimum Gasteiger partial charge on any atom is -0.354 e. The van der Waals surface area contributed by atoms with E-state index >= 15 is 0 Å². The number of amides is 1. The second-order valence-corrected chi connectivity index (χ2v) is 7.39. The number of likely N-dealkylation sites (tertiary alicyclic amines) is 1. The third-order valence-corrected chi connectivity index (χ3v) is 4.81. The van der Waals surface area contributed by atoms with Gasteiger partial charge in [-0.15, -0.1) is 0 Å². The number of benzene rings is 1. The predicted octanol–water partition coefficient (Wildman–Crippen LogP) is 3.51. The summed E-state index contributed by atoms with van der Waals surface area (Å²) in [5, 5.41) is 3.85. The van der Waals surface area contributed by atoms with E-state index in [0.717, 1.165) is 30.1 Å². The molecule has 0 radical (unpaired) electrons. The van der Waals surface area contributed by atoms with Gasteiger partial charge in [0.25, 0.3) is 0 Å². The van der Waals surface area contributed by atoms with E-state index in [-0.39, 0.29) is 17.4 Å². The van der Waals surface area contributed by atoms with Gasteiger partial charge in [0, 0.05) is 23.0 Å². The van der Waals surface area contributed by atoms with Gasteiger partial charge in [0.1, 0.15) is 0 Å². The molecule has 1 amide bonds. The van der Waals surface area contributed by atoms with Crippen molar-refractivity contribution in [2.45, 2.75) is 45.6 Å². The maximum absolute atomic E-state index is 12.3. The number of hydrogen-bond donors (Lipinski definition) is 1. The minimum atomic E-state index is -0.0319. The van der Waals surface area contributed by atoms with Crippen LogP contribution >= 0.6 is 11.6 Å². The van der Waals surface area contributed by atoms with Gasteiger partial charge < -0.3 is 5.32 Å². The molecule has 1 unspecified atom stereocenters. The molecule has 0 aromatic heterocycles. The molecule has 1 aliphatic rings. The van der Waals surface area contributed by atoms with Crippen LogP contribution in [0.15, 0.2) is 24.3 Å². The molecule has 0 aliphatic carbocycles. The molecule has 22 heavy (non-hydrogen) atoms. The molecule has 1 aromatic carbocycles. The zero-order valence-corrected chi connectivity index (χ0v) is 14.6. The highest BCUT2D eigenvalue weighted by Crippen LogP contribution is 2.20. The molecule has 1 atom stereocenters. The van der Waals surface area contributed by atoms with Gasteiger partial charge in [0.15, 0.2) is 0 Å². The first kappa shape index (κ1) is 17.3. The van der Waals surface area contributed by atoms with Gasteiger partial charge in [-0.05, 0) is 63.9 Å². The molecule has 1 fully saturated rings. The average molecular weight is 323 g/mol. The molecule has 4 heteroatoms. The molecular formula is C18H27ClN2O. The summed E-state index contributed by atoms with van der Waals surface area (Å²) in [6.07, 6.45) is 3.28. The first-order valence-electron chi connectivity index (χ1n) is 8.16. The average Bonchev–Trinajstić information content (AvgIpc) is 3.02. The molecule has 2 rings (SSSR count). The van der Waals surface area contributed by atoms with Crippen LogP contribution in [0.4, 0.5) is 0 Å². The highest BCUT2D eigenvalue weighted by Gasteiger charge is 2.29. The van der Waals surface area contributed by atoms with Crippen molar-refractivity contribution in [3.8, 4) is 0 Å². The predicted molar refractivity (Wildman–Crippen MR) is 92.2 cm³/mol. The molecule has 1 aliphatic heterocycles. The molecule has 3 nitrogen and oxygen atoms in total. The van der Waals surface area contributed by atoms with E-state index in [0.29, 0.717) is 6.54 Å². The topological polar surface area (TPSA) is 32.3 Å². The van der Waals surface area contributed by atoms with Gasteiger partial charge in [-0.3, -0.25) is 9.69 Å². The van der Waals surface area contributed by atoms with Crippen molar-refractivity contribution in [1.82, 2.24) is 10.2 Å². The summed E-state index contributed by atoms with van der Waals surface area (Å²) in [6, 6.07) is 7.72. The van der Waals surface area contributed by atoms with Crippen molar-refractivity contribution in [3.63, 3.8) is 0 Å². The van der Waals surface area contributed by atoms with Crippen molar-refractivity contribution < 1.29 is 4.79 Å². The highest BCUT2D eigenvalue weighted by molar-refractivity contribution is 6.30. The quantitative estimate of drug-likeness (QED) is 0.869. The van der Waals surface area contributed by atoms with Crippen LogP contribution in [0, 0.1) is 5.92 Å². The van der Waals surface area contributed by atoms with Gasteiger partial charge in [-0.1, -0.05) is 30.7 Å². The summed E-state index contributed by atoms with van der Waals surface area (Å²) >= 11 is 5.89. The van der Waals surface area contributed by atoms with Crippen LogP contribution < -0.4 is 5.32 Å². The Bertz CT molecular complexity index is 492. The Kier molecular flexibility index (Phi) is 5.87. The summed E-state index contributed by atoms with van der Waals surface area (Å²) in [4.78, 5) is 14.8. The van der Waals surface area contributed by atoms with Gasteiger partial charge in [0.2, 0.25) is 5.91 Å². The van der Waals surface area contributed by atoms with Crippen LogP contribution in [0.2, 0.25) is 5.02 Å². The van der Waals surface area contributed by atoms with E-state index in [1.807, 2.05) is 31.2 Å². The Morgan fingerprint density at radius 1 is 1.27 bits per heavy atom. The summed E-state index contributed by atoms with van der Waals surface area (Å²) in [5.74, 6) is 0.0952. The molecular weight excluding hydrogens is 296 g/mol. The van der Waals surface area contributed by atoms with E-state index in [4.69, 9.17) is 11.6 Å². The van der Waals surface area contributed by atoms with E-state index in [2.05, 4.69) is 24.1 Å². The third kappa shape index (κ3) is 4.72. The number of rotatable bonds is 6. The standard InChI is InChI=1S/C18H27ClN2O/c1-14(12-15-6-8-16(19)9-7-15)17(22)20-13-18(2,3)21-10-4-5-11-21/h6-9,14H,4-5,10-13H2,1-3H3,(H,20,22). The Balaban J connectivity index is 1.82. The fraction of sp³-hybridized carbons (Fsp3) is 0.611. The van der Waals surface area contributed by atoms with E-state index in [1.54, 1.807) is 0 Å². The molecule has 0 saturated carbocycles. The van der Waals surface area contributed by atoms with Crippen molar-refractivity contribution in [2.24, 2.45) is 5.92 Å². The Hall–Kier alpha value is -1.06. The van der Waals surface area contributed by atoms with E-state index in [1.165, 1.54) is 12.8 Å². The molecule has 0 spiro atoms. The number of halogens is 1. The van der Waals surface area contributed by atoms with E-state index < -0.39 is 0 Å². The summed E-state index contributed by atoms with van der Waals surface area (Å²) in [5.41, 5.74) is 1.18. The van der Waals surface area contributed by atoms with Crippen molar-refractivity contribution in [2.75, 3.05) is 19.6 Å². The Labute approximate surface area is 139 Å². The van der Waals surface area contributed by atoms with Crippen LogP contribution in [-0.4, -0.2) is 36.0 Å². The lowest BCUT2D eigenvalue weighted by Crippen LogP contribution is -2.51.